The number of carbonyl (C=O) groups is 3. The first-order valence-electron chi connectivity index (χ1n) is 11.7. The molecule has 0 aromatic carbocycles. The second-order valence-corrected chi connectivity index (χ2v) is 9.50. The number of hydrogen-bond donors (Lipinski definition) is 2. The topological polar surface area (TPSA) is 94.2 Å². The Morgan fingerprint density at radius 2 is 1.81 bits per heavy atom. The number of piperidine rings is 1. The molecule has 4 amide bonds. The number of ether oxygens (including phenoxy) is 1. The first-order chi connectivity index (χ1) is 14.8. The van der Waals surface area contributed by atoms with Crippen LogP contribution in [0.3, 0.4) is 0 Å². The number of nitrogens with zero attached hydrogens (tertiary/aromatic N) is 3. The van der Waals surface area contributed by atoms with Gasteiger partial charge in [-0.25, -0.2) is 15.0 Å². The normalized spacial score (nSPS) is 27.5. The Bertz CT molecular complexity index is 658. The summed E-state index contributed by atoms with van der Waals surface area (Å²) in [5, 5.41) is 0. The lowest BCUT2D eigenvalue weighted by Crippen LogP contribution is -2.56. The smallest absolute Gasteiger partial charge is 0.409 e. The van der Waals surface area contributed by atoms with Crippen molar-refractivity contribution < 1.29 is 19.1 Å². The average molecular weight is 438 g/mol. The summed E-state index contributed by atoms with van der Waals surface area (Å²) in [4.78, 5) is 41.6. The van der Waals surface area contributed by atoms with Gasteiger partial charge in [-0.1, -0.05) is 6.92 Å². The van der Waals surface area contributed by atoms with Gasteiger partial charge in [0.1, 0.15) is 0 Å². The van der Waals surface area contributed by atoms with Gasteiger partial charge in [0.15, 0.2) is 0 Å². The molecule has 2 heterocycles. The molecule has 0 aromatic heterocycles. The number of carbonyl (C=O) groups excluding carboxylic acids is 3. The minimum absolute atomic E-state index is 0.164. The summed E-state index contributed by atoms with van der Waals surface area (Å²) in [7, 11) is 1.81. The maximum atomic E-state index is 12.3. The van der Waals surface area contributed by atoms with Crippen LogP contribution in [0.2, 0.25) is 0 Å². The largest absolute Gasteiger partial charge is 0.450 e. The molecule has 3 rings (SSSR count). The van der Waals surface area contributed by atoms with Crippen LogP contribution >= 0.6 is 0 Å². The maximum Gasteiger partial charge on any atom is 0.409 e. The van der Waals surface area contributed by atoms with E-state index in [-0.39, 0.29) is 24.1 Å². The van der Waals surface area contributed by atoms with Crippen molar-refractivity contribution in [2.24, 2.45) is 11.3 Å². The van der Waals surface area contributed by atoms with Crippen molar-refractivity contribution in [2.45, 2.75) is 71.4 Å². The van der Waals surface area contributed by atoms with Gasteiger partial charge in [-0.2, -0.15) is 0 Å². The van der Waals surface area contributed by atoms with Gasteiger partial charge in [0.2, 0.25) is 5.91 Å². The molecule has 1 spiro atoms. The molecule has 1 aliphatic carbocycles. The van der Waals surface area contributed by atoms with E-state index in [1.807, 2.05) is 18.9 Å². The maximum absolute atomic E-state index is 12.3. The van der Waals surface area contributed by atoms with E-state index in [0.717, 1.165) is 51.9 Å². The van der Waals surface area contributed by atoms with Crippen LogP contribution in [0.4, 0.5) is 9.59 Å². The number of hydrogen-bond acceptors (Lipinski definition) is 5. The first-order valence-corrected chi connectivity index (χ1v) is 11.7. The fourth-order valence-electron chi connectivity index (χ4n) is 5.81. The van der Waals surface area contributed by atoms with E-state index < -0.39 is 0 Å². The molecule has 1 atom stereocenters. The van der Waals surface area contributed by atoms with Gasteiger partial charge in [0.05, 0.1) is 6.61 Å². The van der Waals surface area contributed by atoms with E-state index in [0.29, 0.717) is 24.0 Å². The van der Waals surface area contributed by atoms with E-state index >= 15 is 0 Å². The lowest BCUT2D eigenvalue weighted by Gasteiger charge is -2.52. The van der Waals surface area contributed by atoms with Crippen LogP contribution in [0.25, 0.3) is 0 Å². The van der Waals surface area contributed by atoms with E-state index in [9.17, 15) is 14.4 Å². The minimum Gasteiger partial charge on any atom is -0.450 e. The Labute approximate surface area is 185 Å². The molecule has 2 N–H and O–H groups in total. The third-order valence-corrected chi connectivity index (χ3v) is 7.52. The fourth-order valence-corrected chi connectivity index (χ4v) is 5.81. The lowest BCUT2D eigenvalue weighted by molar-refractivity contribution is -0.119. The van der Waals surface area contributed by atoms with Gasteiger partial charge in [-0.05, 0) is 69.9 Å². The Kier molecular flexibility index (Phi) is 7.67. The van der Waals surface area contributed by atoms with Crippen LogP contribution in [-0.4, -0.2) is 84.6 Å². The molecule has 0 radical (unpaired) electrons. The van der Waals surface area contributed by atoms with Crippen LogP contribution in [0.1, 0.15) is 59.3 Å². The molecule has 0 aromatic rings. The predicted octanol–water partition coefficient (Wildman–Crippen LogP) is 2.18. The molecule has 1 saturated carbocycles. The summed E-state index contributed by atoms with van der Waals surface area (Å²) in [5.74, 6) is 0.183. The highest BCUT2D eigenvalue weighted by molar-refractivity contribution is 5.79. The Morgan fingerprint density at radius 3 is 2.39 bits per heavy atom. The quantitative estimate of drug-likeness (QED) is 0.643. The fraction of sp³-hybridized carbons (Fsp3) is 0.864. The summed E-state index contributed by atoms with van der Waals surface area (Å²) in [6.07, 6.45) is 6.31. The monoisotopic (exact) mass is 437 g/mol. The molecule has 2 aliphatic heterocycles. The van der Waals surface area contributed by atoms with Gasteiger partial charge >= 0.3 is 12.1 Å². The van der Waals surface area contributed by atoms with E-state index in [1.165, 1.54) is 19.8 Å². The molecule has 176 valence electrons. The Hall–Kier alpha value is -2.03. The number of urea groups is 1. The third kappa shape index (κ3) is 5.42. The summed E-state index contributed by atoms with van der Waals surface area (Å²) >= 11 is 0. The van der Waals surface area contributed by atoms with Gasteiger partial charge in [-0.15, -0.1) is 0 Å². The van der Waals surface area contributed by atoms with E-state index in [2.05, 4.69) is 22.7 Å². The number of nitrogens with one attached hydrogen (secondary N) is 2. The zero-order valence-electron chi connectivity index (χ0n) is 19.5. The van der Waals surface area contributed by atoms with Gasteiger partial charge in [-0.3, -0.25) is 10.2 Å². The molecule has 0 bridgehead atoms. The van der Waals surface area contributed by atoms with Crippen molar-refractivity contribution in [3.8, 4) is 0 Å². The molecule has 0 unspecified atom stereocenters. The average Bonchev–Trinajstić information content (AvgIpc) is 3.18. The molecular formula is C22H39N5O4. The lowest BCUT2D eigenvalue weighted by atomic mass is 9.64. The third-order valence-electron chi connectivity index (χ3n) is 7.52. The first kappa shape index (κ1) is 23.6. The predicted molar refractivity (Wildman–Crippen MR) is 117 cm³/mol. The van der Waals surface area contributed by atoms with Gasteiger partial charge in [0.25, 0.3) is 0 Å². The van der Waals surface area contributed by atoms with Gasteiger partial charge in [0, 0.05) is 39.1 Å². The van der Waals surface area contributed by atoms with Gasteiger partial charge < -0.3 is 19.4 Å². The molecule has 3 aliphatic rings. The highest BCUT2D eigenvalue weighted by atomic mass is 16.6. The van der Waals surface area contributed by atoms with Crippen LogP contribution < -0.4 is 10.9 Å². The zero-order valence-corrected chi connectivity index (χ0v) is 19.5. The second kappa shape index (κ2) is 10.1. The van der Waals surface area contributed by atoms with Crippen LogP contribution in [0.5, 0.6) is 0 Å². The van der Waals surface area contributed by atoms with Crippen molar-refractivity contribution >= 4 is 18.0 Å². The number of amides is 4. The molecule has 3 fully saturated rings. The molecule has 9 nitrogen and oxygen atoms in total. The van der Waals surface area contributed by atoms with Crippen molar-refractivity contribution in [2.75, 3.05) is 39.8 Å². The summed E-state index contributed by atoms with van der Waals surface area (Å²) in [6.45, 7) is 9.55. The van der Waals surface area contributed by atoms with E-state index in [4.69, 9.17) is 4.74 Å². The Balaban J connectivity index is 1.43. The number of rotatable bonds is 5. The molecule has 2 saturated heterocycles. The highest BCUT2D eigenvalue weighted by Crippen LogP contribution is 2.50. The minimum atomic E-state index is -0.283. The Morgan fingerprint density at radius 1 is 1.13 bits per heavy atom. The molecular weight excluding hydrogens is 398 g/mol. The van der Waals surface area contributed by atoms with Crippen LogP contribution in [0.15, 0.2) is 0 Å². The van der Waals surface area contributed by atoms with Crippen molar-refractivity contribution in [1.29, 1.82) is 0 Å². The number of likely N-dealkylation sites (tertiary alicyclic amines) is 2. The van der Waals surface area contributed by atoms with E-state index in [1.54, 1.807) is 4.90 Å². The SMILES string of the molecule is CCOC(=O)N1CCC2(CC(N3CCC([C@H](CC)N(C)C(=O)NNC(C)=O)CC3)C2)C1. The summed E-state index contributed by atoms with van der Waals surface area (Å²) in [5.41, 5.74) is 5.13. The van der Waals surface area contributed by atoms with Crippen molar-refractivity contribution in [3.05, 3.63) is 0 Å². The standard InChI is InChI=1S/C22H39N5O4/c1-5-19(25(4)20(29)24-23-16(3)28)17-7-10-26(11-8-17)18-13-22(14-18)9-12-27(15-22)21(30)31-6-2/h17-19H,5-15H2,1-4H3,(H,23,28)(H,24,29)/t18?,19-,22?/m0/s1. The van der Waals surface area contributed by atoms with Crippen molar-refractivity contribution in [3.63, 3.8) is 0 Å². The zero-order chi connectivity index (χ0) is 22.6. The molecule has 9 heteroatoms. The highest BCUT2D eigenvalue weighted by Gasteiger charge is 2.51. The number of hydrazine groups is 1. The van der Waals surface area contributed by atoms with Crippen LogP contribution in [-0.2, 0) is 9.53 Å². The summed E-state index contributed by atoms with van der Waals surface area (Å²) < 4.78 is 5.16. The van der Waals surface area contributed by atoms with Crippen molar-refractivity contribution in [1.82, 2.24) is 25.6 Å². The van der Waals surface area contributed by atoms with Crippen LogP contribution in [0, 0.1) is 11.3 Å². The second-order valence-electron chi connectivity index (χ2n) is 9.50. The molecule has 31 heavy (non-hydrogen) atoms. The summed E-state index contributed by atoms with van der Waals surface area (Å²) in [6, 6.07) is 0.512.